The van der Waals surface area contributed by atoms with Gasteiger partial charge in [0, 0.05) is 11.5 Å². The van der Waals surface area contributed by atoms with Crippen LogP contribution in [0.4, 0.5) is 0 Å². The van der Waals surface area contributed by atoms with Crippen molar-refractivity contribution in [1.82, 2.24) is 0 Å². The van der Waals surface area contributed by atoms with E-state index in [1.165, 1.54) is 0 Å². The summed E-state index contributed by atoms with van der Waals surface area (Å²) in [6.07, 6.45) is 6.64. The smallest absolute Gasteiger partial charge is 0.334 e. The Kier molecular flexibility index (Phi) is 2.39. The normalized spacial score (nSPS) is 29.4. The van der Waals surface area contributed by atoms with E-state index < -0.39 is 0 Å². The lowest BCUT2D eigenvalue weighted by molar-refractivity contribution is -0.145. The molecule has 15 heavy (non-hydrogen) atoms. The molecule has 0 aromatic carbocycles. The van der Waals surface area contributed by atoms with Crippen molar-refractivity contribution in [3.8, 4) is 0 Å². The number of esters is 1. The molecule has 0 amide bonds. The van der Waals surface area contributed by atoms with Crippen LogP contribution in [0.25, 0.3) is 0 Å². The quantitative estimate of drug-likeness (QED) is 0.668. The largest absolute Gasteiger partial charge is 0.508 e. The molecular formula is C12H14O3. The summed E-state index contributed by atoms with van der Waals surface area (Å²) in [6.45, 7) is 3.93. The summed E-state index contributed by atoms with van der Waals surface area (Å²) in [5.74, 6) is 0.124. The lowest BCUT2D eigenvalue weighted by Crippen LogP contribution is -2.32. The van der Waals surface area contributed by atoms with Crippen LogP contribution < -0.4 is 0 Å². The average molecular weight is 206 g/mol. The summed E-state index contributed by atoms with van der Waals surface area (Å²) < 4.78 is 5.24. The number of ether oxygens (including phenoxy) is 1. The van der Waals surface area contributed by atoms with Gasteiger partial charge in [-0.2, -0.15) is 0 Å². The Hall–Kier alpha value is -1.51. The highest BCUT2D eigenvalue weighted by molar-refractivity contribution is 5.90. The molecule has 1 aliphatic carbocycles. The fraction of sp³-hybridized carbons (Fsp3) is 0.417. The van der Waals surface area contributed by atoms with Gasteiger partial charge in [0.25, 0.3) is 0 Å². The van der Waals surface area contributed by atoms with Crippen molar-refractivity contribution in [2.24, 2.45) is 11.8 Å². The fourth-order valence-corrected chi connectivity index (χ4v) is 1.81. The van der Waals surface area contributed by atoms with Crippen molar-refractivity contribution in [2.75, 3.05) is 0 Å². The number of carbonyl (C=O) groups is 1. The number of fused-ring (bicyclic) bond motifs is 1. The molecule has 2 aliphatic rings. The molecular weight excluding hydrogens is 192 g/mol. The first-order chi connectivity index (χ1) is 7.08. The molecule has 0 radical (unpaired) electrons. The van der Waals surface area contributed by atoms with Gasteiger partial charge in [-0.1, -0.05) is 26.0 Å². The summed E-state index contributed by atoms with van der Waals surface area (Å²) in [6, 6.07) is 0. The summed E-state index contributed by atoms with van der Waals surface area (Å²) >= 11 is 0. The molecule has 0 spiro atoms. The van der Waals surface area contributed by atoms with E-state index in [9.17, 15) is 9.90 Å². The highest BCUT2D eigenvalue weighted by Crippen LogP contribution is 2.29. The van der Waals surface area contributed by atoms with Crippen LogP contribution in [-0.2, 0) is 9.53 Å². The molecule has 1 aliphatic heterocycles. The topological polar surface area (TPSA) is 46.5 Å². The van der Waals surface area contributed by atoms with Crippen molar-refractivity contribution in [2.45, 2.75) is 20.0 Å². The average Bonchev–Trinajstić information content (AvgIpc) is 2.15. The summed E-state index contributed by atoms with van der Waals surface area (Å²) in [5.41, 5.74) is 0.718. The molecule has 0 saturated heterocycles. The number of hydrogen-bond donors (Lipinski definition) is 1. The van der Waals surface area contributed by atoms with Crippen LogP contribution in [0.15, 0.2) is 35.6 Å². The first-order valence-corrected chi connectivity index (χ1v) is 5.09. The Morgan fingerprint density at radius 3 is 2.80 bits per heavy atom. The lowest BCUT2D eigenvalue weighted by Gasteiger charge is -2.29. The zero-order chi connectivity index (χ0) is 11.0. The predicted octanol–water partition coefficient (Wildman–Crippen LogP) is 2.12. The van der Waals surface area contributed by atoms with Gasteiger partial charge >= 0.3 is 5.97 Å². The van der Waals surface area contributed by atoms with Gasteiger partial charge in [0.05, 0.1) is 0 Å². The first-order valence-electron chi connectivity index (χ1n) is 5.09. The van der Waals surface area contributed by atoms with E-state index in [2.05, 4.69) is 0 Å². The van der Waals surface area contributed by atoms with Crippen molar-refractivity contribution < 1.29 is 14.6 Å². The maximum Gasteiger partial charge on any atom is 0.334 e. The van der Waals surface area contributed by atoms with Gasteiger partial charge in [0.1, 0.15) is 11.9 Å². The second-order valence-corrected chi connectivity index (χ2v) is 4.17. The van der Waals surface area contributed by atoms with Crippen LogP contribution >= 0.6 is 0 Å². The minimum absolute atomic E-state index is 0.0657. The van der Waals surface area contributed by atoms with Crippen LogP contribution in [0.1, 0.15) is 13.8 Å². The van der Waals surface area contributed by atoms with E-state index in [1.54, 1.807) is 12.2 Å². The fourth-order valence-electron chi connectivity index (χ4n) is 1.81. The van der Waals surface area contributed by atoms with Crippen molar-refractivity contribution in [3.63, 3.8) is 0 Å². The second kappa shape index (κ2) is 3.57. The third kappa shape index (κ3) is 1.82. The molecule has 0 saturated carbocycles. The number of allylic oxidation sites excluding steroid dienone is 1. The summed E-state index contributed by atoms with van der Waals surface area (Å²) in [5, 5.41) is 9.27. The standard InChI is InChI=1S/C12H14O3/c1-7(2)10-5-8-3-4-9(13)6-11(8)15-12(10)14/h3-8,11,13H,1-2H3. The molecule has 1 N–H and O–H groups in total. The van der Waals surface area contributed by atoms with Crippen molar-refractivity contribution in [1.29, 1.82) is 0 Å². The van der Waals surface area contributed by atoms with Crippen molar-refractivity contribution in [3.05, 3.63) is 35.6 Å². The van der Waals surface area contributed by atoms with E-state index in [1.807, 2.05) is 26.0 Å². The van der Waals surface area contributed by atoms with E-state index in [-0.39, 0.29) is 29.7 Å². The summed E-state index contributed by atoms with van der Waals surface area (Å²) in [4.78, 5) is 11.6. The highest BCUT2D eigenvalue weighted by atomic mass is 16.5. The molecule has 2 atom stereocenters. The van der Waals surface area contributed by atoms with Gasteiger partial charge in [-0.05, 0) is 18.1 Å². The molecule has 1 heterocycles. The molecule has 0 bridgehead atoms. The van der Waals surface area contributed by atoms with Crippen LogP contribution in [0.3, 0.4) is 0 Å². The molecule has 0 aromatic rings. The van der Waals surface area contributed by atoms with Gasteiger partial charge in [0.15, 0.2) is 0 Å². The van der Waals surface area contributed by atoms with Gasteiger partial charge in [-0.25, -0.2) is 4.79 Å². The molecule has 2 unspecified atom stereocenters. The predicted molar refractivity (Wildman–Crippen MR) is 56.1 cm³/mol. The maximum atomic E-state index is 11.6. The van der Waals surface area contributed by atoms with Crippen LogP contribution in [0.2, 0.25) is 0 Å². The highest BCUT2D eigenvalue weighted by Gasteiger charge is 2.31. The Morgan fingerprint density at radius 1 is 1.40 bits per heavy atom. The first kappa shape index (κ1) is 10.0. The molecule has 2 rings (SSSR count). The summed E-state index contributed by atoms with van der Waals surface area (Å²) in [7, 11) is 0. The maximum absolute atomic E-state index is 11.6. The van der Waals surface area contributed by atoms with E-state index >= 15 is 0 Å². The second-order valence-electron chi connectivity index (χ2n) is 4.17. The molecule has 0 aromatic heterocycles. The molecule has 80 valence electrons. The van der Waals surface area contributed by atoms with Gasteiger partial charge in [0.2, 0.25) is 0 Å². The van der Waals surface area contributed by atoms with E-state index in [0.717, 1.165) is 5.57 Å². The van der Waals surface area contributed by atoms with Crippen LogP contribution in [-0.4, -0.2) is 17.2 Å². The molecule has 3 nitrogen and oxygen atoms in total. The zero-order valence-corrected chi connectivity index (χ0v) is 8.81. The van der Waals surface area contributed by atoms with Crippen LogP contribution in [0.5, 0.6) is 0 Å². The molecule has 3 heteroatoms. The van der Waals surface area contributed by atoms with E-state index in [4.69, 9.17) is 4.74 Å². The SMILES string of the molecule is CC(C)C1=CC2C=CC(O)=CC2OC1=O. The van der Waals surface area contributed by atoms with Crippen LogP contribution in [0, 0.1) is 11.8 Å². The Bertz CT molecular complexity index is 374. The number of carbonyl (C=O) groups excluding carboxylic acids is 1. The van der Waals surface area contributed by atoms with Gasteiger partial charge in [-0.15, -0.1) is 0 Å². The minimum atomic E-state index is -0.343. The Morgan fingerprint density at radius 2 is 2.13 bits per heavy atom. The third-order valence-corrected chi connectivity index (χ3v) is 2.68. The monoisotopic (exact) mass is 206 g/mol. The number of aliphatic hydroxyl groups excluding tert-OH is 1. The van der Waals surface area contributed by atoms with Gasteiger partial charge < -0.3 is 9.84 Å². The number of hydrogen-bond acceptors (Lipinski definition) is 3. The van der Waals surface area contributed by atoms with Crippen molar-refractivity contribution >= 4 is 5.97 Å². The van der Waals surface area contributed by atoms with Gasteiger partial charge in [-0.3, -0.25) is 0 Å². The number of aliphatic hydroxyl groups is 1. The lowest BCUT2D eigenvalue weighted by atomic mass is 9.89. The number of rotatable bonds is 1. The van der Waals surface area contributed by atoms with E-state index in [0.29, 0.717) is 0 Å². The zero-order valence-electron chi connectivity index (χ0n) is 8.81. The Labute approximate surface area is 88.7 Å². The third-order valence-electron chi connectivity index (χ3n) is 2.68. The Balaban J connectivity index is 2.30. The minimum Gasteiger partial charge on any atom is -0.508 e. The molecule has 0 fully saturated rings.